The predicted molar refractivity (Wildman–Crippen MR) is 82.7 cm³/mol. The molecule has 2 atom stereocenters. The number of anilines is 1. The van der Waals surface area contributed by atoms with Gasteiger partial charge in [0, 0.05) is 25.7 Å². The number of likely N-dealkylation sites (tertiary alicyclic amines) is 1. The monoisotopic (exact) mass is 279 g/mol. The van der Waals surface area contributed by atoms with Gasteiger partial charge in [0.1, 0.15) is 5.82 Å². The Labute approximate surface area is 121 Å². The number of para-hydroxylation sites is 1. The molecule has 1 aromatic carbocycles. The van der Waals surface area contributed by atoms with E-state index in [1.807, 2.05) is 20.0 Å². The molecule has 0 saturated carbocycles. The van der Waals surface area contributed by atoms with Crippen LogP contribution in [0.4, 0.5) is 10.1 Å². The van der Waals surface area contributed by atoms with Gasteiger partial charge in [0.2, 0.25) is 0 Å². The van der Waals surface area contributed by atoms with E-state index in [0.29, 0.717) is 18.2 Å². The summed E-state index contributed by atoms with van der Waals surface area (Å²) in [4.78, 5) is 4.42. The zero-order valence-electron chi connectivity index (χ0n) is 12.8. The van der Waals surface area contributed by atoms with Gasteiger partial charge in [-0.1, -0.05) is 12.1 Å². The standard InChI is InChI=1S/C16H26FN3/c1-12(18)10-13-6-4-8-15(17)16(13)20(3)11-14-7-5-9-19(14)2/h4,6,8,12,14H,5,7,9-11,18H2,1-3H3. The number of hydrogen-bond donors (Lipinski definition) is 1. The maximum atomic E-state index is 14.2. The fraction of sp³-hybridized carbons (Fsp3) is 0.625. The van der Waals surface area contributed by atoms with Crippen LogP contribution >= 0.6 is 0 Å². The number of hydrogen-bond acceptors (Lipinski definition) is 3. The normalized spacial score (nSPS) is 21.1. The number of likely N-dealkylation sites (N-methyl/N-ethyl adjacent to an activating group) is 2. The highest BCUT2D eigenvalue weighted by molar-refractivity contribution is 5.54. The summed E-state index contributed by atoms with van der Waals surface area (Å²) in [6.45, 7) is 3.96. The summed E-state index contributed by atoms with van der Waals surface area (Å²) in [5, 5.41) is 0. The van der Waals surface area contributed by atoms with Crippen LogP contribution in [0.5, 0.6) is 0 Å². The third-order valence-electron chi connectivity index (χ3n) is 4.15. The average molecular weight is 279 g/mol. The Hall–Kier alpha value is -1.13. The molecule has 2 rings (SSSR count). The van der Waals surface area contributed by atoms with Crippen molar-refractivity contribution in [2.75, 3.05) is 32.1 Å². The number of nitrogens with zero attached hydrogens (tertiary/aromatic N) is 2. The number of rotatable bonds is 5. The molecule has 0 aromatic heterocycles. The summed E-state index contributed by atoms with van der Waals surface area (Å²) in [5.41, 5.74) is 7.60. The van der Waals surface area contributed by atoms with Crippen molar-refractivity contribution in [3.63, 3.8) is 0 Å². The molecule has 112 valence electrons. The topological polar surface area (TPSA) is 32.5 Å². The molecular formula is C16H26FN3. The van der Waals surface area contributed by atoms with Crippen LogP contribution in [0.3, 0.4) is 0 Å². The van der Waals surface area contributed by atoms with Crippen LogP contribution in [0.1, 0.15) is 25.3 Å². The molecule has 0 radical (unpaired) electrons. The van der Waals surface area contributed by atoms with Crippen LogP contribution in [-0.2, 0) is 6.42 Å². The van der Waals surface area contributed by atoms with Crippen LogP contribution in [0.15, 0.2) is 18.2 Å². The van der Waals surface area contributed by atoms with E-state index in [4.69, 9.17) is 5.73 Å². The van der Waals surface area contributed by atoms with Crippen LogP contribution in [0, 0.1) is 5.82 Å². The van der Waals surface area contributed by atoms with Crippen molar-refractivity contribution in [2.24, 2.45) is 5.73 Å². The third kappa shape index (κ3) is 3.49. The van der Waals surface area contributed by atoms with Crippen molar-refractivity contribution >= 4 is 5.69 Å². The summed E-state index contributed by atoms with van der Waals surface area (Å²) >= 11 is 0. The molecule has 1 aliphatic rings. The lowest BCUT2D eigenvalue weighted by Crippen LogP contribution is -2.37. The molecule has 1 aliphatic heterocycles. The van der Waals surface area contributed by atoms with Gasteiger partial charge in [0.05, 0.1) is 5.69 Å². The van der Waals surface area contributed by atoms with E-state index in [9.17, 15) is 4.39 Å². The zero-order chi connectivity index (χ0) is 14.7. The van der Waals surface area contributed by atoms with Gasteiger partial charge in [-0.3, -0.25) is 0 Å². The van der Waals surface area contributed by atoms with Gasteiger partial charge in [0.15, 0.2) is 0 Å². The van der Waals surface area contributed by atoms with E-state index >= 15 is 0 Å². The highest BCUT2D eigenvalue weighted by Gasteiger charge is 2.24. The second-order valence-electron chi connectivity index (χ2n) is 6.09. The van der Waals surface area contributed by atoms with Crippen molar-refractivity contribution < 1.29 is 4.39 Å². The molecule has 1 heterocycles. The summed E-state index contributed by atoms with van der Waals surface area (Å²) in [6, 6.07) is 5.85. The second-order valence-corrected chi connectivity index (χ2v) is 6.09. The Balaban J connectivity index is 2.17. The van der Waals surface area contributed by atoms with Crippen molar-refractivity contribution in [3.8, 4) is 0 Å². The molecule has 2 N–H and O–H groups in total. The number of benzene rings is 1. The third-order valence-corrected chi connectivity index (χ3v) is 4.15. The van der Waals surface area contributed by atoms with E-state index in [1.165, 1.54) is 18.9 Å². The maximum Gasteiger partial charge on any atom is 0.146 e. The molecule has 1 aromatic rings. The average Bonchev–Trinajstić information content (AvgIpc) is 2.74. The first-order valence-corrected chi connectivity index (χ1v) is 7.43. The molecule has 0 aliphatic carbocycles. The second kappa shape index (κ2) is 6.55. The Morgan fingerprint density at radius 2 is 2.25 bits per heavy atom. The minimum Gasteiger partial charge on any atom is -0.370 e. The van der Waals surface area contributed by atoms with E-state index in [-0.39, 0.29) is 11.9 Å². The predicted octanol–water partition coefficient (Wildman–Crippen LogP) is 2.25. The van der Waals surface area contributed by atoms with Crippen LogP contribution in [0.2, 0.25) is 0 Å². The van der Waals surface area contributed by atoms with Crippen molar-refractivity contribution in [1.29, 1.82) is 0 Å². The van der Waals surface area contributed by atoms with Gasteiger partial charge < -0.3 is 15.5 Å². The lowest BCUT2D eigenvalue weighted by atomic mass is 10.0. The fourth-order valence-electron chi connectivity index (χ4n) is 3.12. The van der Waals surface area contributed by atoms with E-state index in [0.717, 1.165) is 18.7 Å². The van der Waals surface area contributed by atoms with Gasteiger partial charge >= 0.3 is 0 Å². The number of halogens is 1. The van der Waals surface area contributed by atoms with Crippen molar-refractivity contribution in [2.45, 2.75) is 38.3 Å². The zero-order valence-corrected chi connectivity index (χ0v) is 12.8. The first-order chi connectivity index (χ1) is 9.49. The molecule has 20 heavy (non-hydrogen) atoms. The first-order valence-electron chi connectivity index (χ1n) is 7.43. The minimum atomic E-state index is -0.147. The summed E-state index contributed by atoms with van der Waals surface area (Å²) in [7, 11) is 4.13. The summed E-state index contributed by atoms with van der Waals surface area (Å²) < 4.78 is 14.2. The molecule has 0 spiro atoms. The van der Waals surface area contributed by atoms with Gasteiger partial charge in [-0.05, 0) is 51.4 Å². The van der Waals surface area contributed by atoms with Crippen LogP contribution in [0.25, 0.3) is 0 Å². The van der Waals surface area contributed by atoms with Crippen LogP contribution in [-0.4, -0.2) is 44.2 Å². The highest BCUT2D eigenvalue weighted by atomic mass is 19.1. The molecule has 0 bridgehead atoms. The van der Waals surface area contributed by atoms with Gasteiger partial charge in [0.25, 0.3) is 0 Å². The van der Waals surface area contributed by atoms with E-state index in [2.05, 4.69) is 16.8 Å². The van der Waals surface area contributed by atoms with Crippen LogP contribution < -0.4 is 10.6 Å². The van der Waals surface area contributed by atoms with E-state index < -0.39 is 0 Å². The Bertz CT molecular complexity index is 447. The molecule has 2 unspecified atom stereocenters. The molecule has 3 nitrogen and oxygen atoms in total. The Morgan fingerprint density at radius 1 is 1.50 bits per heavy atom. The SMILES string of the molecule is CC(N)Cc1cccc(F)c1N(C)CC1CCCN1C. The largest absolute Gasteiger partial charge is 0.370 e. The molecule has 1 saturated heterocycles. The lowest BCUT2D eigenvalue weighted by Gasteiger charge is -2.29. The molecule has 4 heteroatoms. The Kier molecular flexibility index (Phi) is 5.00. The summed E-state index contributed by atoms with van der Waals surface area (Å²) in [6.07, 6.45) is 3.13. The van der Waals surface area contributed by atoms with E-state index in [1.54, 1.807) is 6.07 Å². The smallest absolute Gasteiger partial charge is 0.146 e. The maximum absolute atomic E-state index is 14.2. The molecule has 0 amide bonds. The highest BCUT2D eigenvalue weighted by Crippen LogP contribution is 2.26. The fourth-order valence-corrected chi connectivity index (χ4v) is 3.12. The lowest BCUT2D eigenvalue weighted by molar-refractivity contribution is 0.313. The Morgan fingerprint density at radius 3 is 2.85 bits per heavy atom. The van der Waals surface area contributed by atoms with Crippen molar-refractivity contribution in [3.05, 3.63) is 29.6 Å². The molecule has 1 fully saturated rings. The number of nitrogens with two attached hydrogens (primary N) is 1. The van der Waals surface area contributed by atoms with Gasteiger partial charge in [-0.2, -0.15) is 0 Å². The van der Waals surface area contributed by atoms with Crippen molar-refractivity contribution in [1.82, 2.24) is 4.90 Å². The quantitative estimate of drug-likeness (QED) is 0.897. The minimum absolute atomic E-state index is 0.0399. The van der Waals surface area contributed by atoms with Gasteiger partial charge in [-0.25, -0.2) is 4.39 Å². The summed E-state index contributed by atoms with van der Waals surface area (Å²) in [5.74, 6) is -0.147. The first kappa shape index (κ1) is 15.3. The molecular weight excluding hydrogens is 253 g/mol. The van der Waals surface area contributed by atoms with Gasteiger partial charge in [-0.15, -0.1) is 0 Å².